The summed E-state index contributed by atoms with van der Waals surface area (Å²) in [6.45, 7) is 11.3. The summed E-state index contributed by atoms with van der Waals surface area (Å²) < 4.78 is 24.2. The molecular weight excluding hydrogens is 466 g/mol. The molecule has 0 aromatic carbocycles. The first-order valence-corrected chi connectivity index (χ1v) is 15.0. The number of pyridine rings is 1. The van der Waals surface area contributed by atoms with Crippen LogP contribution in [-0.4, -0.2) is 60.5 Å². The van der Waals surface area contributed by atoms with Crippen LogP contribution in [0.4, 0.5) is 0 Å². The number of ether oxygens (including phenoxy) is 1. The van der Waals surface area contributed by atoms with Crippen molar-refractivity contribution in [1.82, 2.24) is 19.4 Å². The number of rotatable bonds is 3. The van der Waals surface area contributed by atoms with Crippen molar-refractivity contribution in [2.45, 2.75) is 49.7 Å². The summed E-state index contributed by atoms with van der Waals surface area (Å²) in [5.74, 6) is 0. The van der Waals surface area contributed by atoms with Gasteiger partial charge < -0.3 is 0 Å². The molecule has 0 spiro atoms. The molecule has 2 radical (unpaired) electrons. The molecular formula is C19H27N4O2PSn. The van der Waals surface area contributed by atoms with Crippen molar-refractivity contribution >= 4 is 54.0 Å². The Kier molecular flexibility index (Phi) is 4.96. The van der Waals surface area contributed by atoms with Crippen molar-refractivity contribution in [3.05, 3.63) is 18.2 Å². The van der Waals surface area contributed by atoms with E-state index in [-0.39, 0.29) is 9.66 Å². The third kappa shape index (κ3) is 3.72. The van der Waals surface area contributed by atoms with Gasteiger partial charge in [-0.3, -0.25) is 0 Å². The van der Waals surface area contributed by atoms with Gasteiger partial charge in [-0.2, -0.15) is 0 Å². The molecule has 0 saturated carbocycles. The van der Waals surface area contributed by atoms with Crippen LogP contribution < -0.4 is 9.14 Å². The molecule has 27 heavy (non-hydrogen) atoms. The molecule has 1 unspecified atom stereocenters. The molecule has 1 atom stereocenters. The van der Waals surface area contributed by atoms with Gasteiger partial charge in [0.1, 0.15) is 0 Å². The number of hydrogen-bond acceptors (Lipinski definition) is 4. The second kappa shape index (κ2) is 6.89. The Bertz CT molecular complexity index is 1040. The summed E-state index contributed by atoms with van der Waals surface area (Å²) in [5.41, 5.74) is 2.69. The molecule has 1 saturated heterocycles. The van der Waals surface area contributed by atoms with Gasteiger partial charge in [-0.15, -0.1) is 0 Å². The summed E-state index contributed by atoms with van der Waals surface area (Å²) in [7, 11) is -2.44. The van der Waals surface area contributed by atoms with Crippen LogP contribution in [0.3, 0.4) is 0 Å². The average Bonchev–Trinajstić information content (AvgIpc) is 3.11. The predicted octanol–water partition coefficient (Wildman–Crippen LogP) is 3.18. The predicted molar refractivity (Wildman–Crippen MR) is 112 cm³/mol. The molecule has 4 rings (SSSR count). The third-order valence-electron chi connectivity index (χ3n) is 4.75. The standard InChI is InChI=1S/C15H18N4O2P.C4H9.Sn/c1-22(2,20)14-8-5-6-12-11-10-16-19(15(11)17-18(12)14)13-7-3-4-9-21-13;1-4(2)3;/h5-6,8,13H,3-4,7,9H2,1-2H3;1-3H3;. The van der Waals surface area contributed by atoms with E-state index in [0.29, 0.717) is 0 Å². The van der Waals surface area contributed by atoms with Crippen molar-refractivity contribution in [3.63, 3.8) is 0 Å². The fraction of sp³-hybridized carbons (Fsp3) is 0.579. The molecule has 3 aromatic rings. The van der Waals surface area contributed by atoms with E-state index in [9.17, 15) is 4.57 Å². The summed E-state index contributed by atoms with van der Waals surface area (Å²) >= 11 is -0.956. The molecule has 8 heteroatoms. The molecule has 1 aliphatic rings. The zero-order valence-corrected chi connectivity index (χ0v) is 20.4. The van der Waals surface area contributed by atoms with Crippen LogP contribution in [0, 0.1) is 0 Å². The fourth-order valence-corrected chi connectivity index (χ4v) is 8.18. The first kappa shape index (κ1) is 19.5. The molecule has 6 nitrogen and oxygen atoms in total. The molecule has 1 aliphatic heterocycles. The fourth-order valence-electron chi connectivity index (χ4n) is 3.60. The van der Waals surface area contributed by atoms with Crippen LogP contribution in [0.5, 0.6) is 0 Å². The zero-order valence-electron chi connectivity index (χ0n) is 16.7. The van der Waals surface area contributed by atoms with E-state index in [4.69, 9.17) is 14.9 Å². The maximum atomic E-state index is 12.8. The number of hydrogen-bond donors (Lipinski definition) is 0. The van der Waals surface area contributed by atoms with Gasteiger partial charge in [0.2, 0.25) is 0 Å². The van der Waals surface area contributed by atoms with Crippen LogP contribution in [0.15, 0.2) is 18.2 Å². The molecule has 0 bridgehead atoms. The van der Waals surface area contributed by atoms with Gasteiger partial charge in [-0.25, -0.2) is 0 Å². The van der Waals surface area contributed by atoms with Crippen LogP contribution in [0.2, 0.25) is 3.43 Å². The summed E-state index contributed by atoms with van der Waals surface area (Å²) in [4.78, 5) is 0. The summed E-state index contributed by atoms with van der Waals surface area (Å²) in [5, 5.41) is 11.1. The van der Waals surface area contributed by atoms with Crippen LogP contribution >= 0.6 is 7.14 Å². The van der Waals surface area contributed by atoms with Gasteiger partial charge >= 0.3 is 171 Å². The quantitative estimate of drug-likeness (QED) is 0.416. The van der Waals surface area contributed by atoms with E-state index in [1.165, 1.54) is 3.71 Å². The van der Waals surface area contributed by atoms with Gasteiger partial charge in [-0.1, -0.05) is 0 Å². The van der Waals surface area contributed by atoms with Crippen LogP contribution in [-0.2, 0) is 9.30 Å². The Labute approximate surface area is 170 Å². The second-order valence-corrected chi connectivity index (χ2v) is 18.2. The monoisotopic (exact) mass is 494 g/mol. The van der Waals surface area contributed by atoms with Gasteiger partial charge in [-0.05, 0) is 0 Å². The second-order valence-electron chi connectivity index (χ2n) is 8.72. The first-order chi connectivity index (χ1) is 12.6. The number of aromatic nitrogens is 4. The zero-order chi connectivity index (χ0) is 19.4. The van der Waals surface area contributed by atoms with Crippen LogP contribution in [0.1, 0.15) is 46.3 Å². The molecule has 4 heterocycles. The van der Waals surface area contributed by atoms with E-state index < -0.39 is 28.3 Å². The SMILES string of the molecule is C[C](C)(C)[Sn][c]1nn(C2CCCCO2)c2nn3c(P(C)(C)=O)cccc3c12. The number of nitrogens with zero attached hydrogens (tertiary/aromatic N) is 4. The van der Waals surface area contributed by atoms with Crippen molar-refractivity contribution < 1.29 is 9.30 Å². The van der Waals surface area contributed by atoms with E-state index >= 15 is 0 Å². The topological polar surface area (TPSA) is 61.4 Å². The Morgan fingerprint density at radius 1 is 1.22 bits per heavy atom. The first-order valence-electron chi connectivity index (χ1n) is 9.50. The van der Waals surface area contributed by atoms with Crippen molar-refractivity contribution in [3.8, 4) is 0 Å². The molecule has 144 valence electrons. The third-order valence-corrected chi connectivity index (χ3v) is 10.0. The maximum absolute atomic E-state index is 12.8. The van der Waals surface area contributed by atoms with E-state index in [0.717, 1.165) is 47.9 Å². The van der Waals surface area contributed by atoms with Gasteiger partial charge in [0.15, 0.2) is 0 Å². The minimum absolute atomic E-state index is 0.0437. The van der Waals surface area contributed by atoms with Crippen molar-refractivity contribution in [2.24, 2.45) is 0 Å². The van der Waals surface area contributed by atoms with Crippen molar-refractivity contribution in [1.29, 1.82) is 0 Å². The molecule has 0 N–H and O–H groups in total. The molecule has 0 amide bonds. The van der Waals surface area contributed by atoms with E-state index in [1.54, 1.807) is 13.3 Å². The van der Waals surface area contributed by atoms with Crippen molar-refractivity contribution in [2.75, 3.05) is 19.9 Å². The van der Waals surface area contributed by atoms with Gasteiger partial charge in [0.05, 0.1) is 0 Å². The molecule has 3 aromatic heterocycles. The number of fused-ring (bicyclic) bond motifs is 3. The van der Waals surface area contributed by atoms with E-state index in [1.807, 2.05) is 21.3 Å². The molecule has 0 aliphatic carbocycles. The Hall–Kier alpha value is -0.851. The van der Waals surface area contributed by atoms with Crippen LogP contribution in [0.25, 0.3) is 16.6 Å². The Morgan fingerprint density at radius 2 is 2.00 bits per heavy atom. The average molecular weight is 493 g/mol. The summed E-state index contributed by atoms with van der Waals surface area (Å²) in [6, 6.07) is 6.00. The minimum atomic E-state index is -2.44. The normalized spacial score (nSPS) is 19.2. The summed E-state index contributed by atoms with van der Waals surface area (Å²) in [6.07, 6.45) is 3.18. The Balaban J connectivity index is 2.00. The van der Waals surface area contributed by atoms with E-state index in [2.05, 4.69) is 26.8 Å². The van der Waals surface area contributed by atoms with Gasteiger partial charge in [0.25, 0.3) is 0 Å². The Morgan fingerprint density at radius 3 is 2.63 bits per heavy atom. The van der Waals surface area contributed by atoms with Gasteiger partial charge in [0, 0.05) is 0 Å². The molecule has 1 fully saturated rings.